The lowest BCUT2D eigenvalue weighted by atomic mass is 9.92. The highest BCUT2D eigenvalue weighted by atomic mass is 35.5. The van der Waals surface area contributed by atoms with Crippen molar-refractivity contribution >= 4 is 24.0 Å². The Labute approximate surface area is 136 Å². The highest BCUT2D eigenvalue weighted by molar-refractivity contribution is 5.92. The number of carbonyl (C=O) groups excluding carboxylic acids is 1. The summed E-state index contributed by atoms with van der Waals surface area (Å²) in [6.07, 6.45) is 5.44. The number of aromatic nitrogens is 2. The summed E-state index contributed by atoms with van der Waals surface area (Å²) in [5, 5.41) is 10.6. The molecule has 1 aromatic carbocycles. The average molecular weight is 321 g/mol. The molecule has 22 heavy (non-hydrogen) atoms. The van der Waals surface area contributed by atoms with Crippen molar-refractivity contribution in [3.8, 4) is 5.69 Å². The minimum absolute atomic E-state index is 0. The average Bonchev–Trinajstić information content (AvgIpc) is 3.02. The zero-order chi connectivity index (χ0) is 14.7. The summed E-state index contributed by atoms with van der Waals surface area (Å²) in [5.41, 5.74) is 1.82. The molecule has 118 valence electrons. The molecule has 1 aromatic heterocycles. The normalized spacial score (nSPS) is 21.0. The summed E-state index contributed by atoms with van der Waals surface area (Å²) >= 11 is 0. The van der Waals surface area contributed by atoms with Crippen LogP contribution < -0.4 is 10.6 Å². The van der Waals surface area contributed by atoms with Crippen LogP contribution in [0.2, 0.25) is 0 Å². The molecule has 1 aliphatic heterocycles. The highest BCUT2D eigenvalue weighted by Gasteiger charge is 2.24. The molecule has 2 atom stereocenters. The summed E-state index contributed by atoms with van der Waals surface area (Å²) in [6.45, 7) is 3.04. The largest absolute Gasteiger partial charge is 0.326 e. The van der Waals surface area contributed by atoms with Gasteiger partial charge in [-0.25, -0.2) is 4.68 Å². The molecule has 1 aliphatic rings. The van der Waals surface area contributed by atoms with Gasteiger partial charge in [0.2, 0.25) is 5.91 Å². The van der Waals surface area contributed by atoms with E-state index in [1.165, 1.54) is 0 Å². The second kappa shape index (κ2) is 7.42. The molecule has 3 rings (SSSR count). The number of amides is 1. The quantitative estimate of drug-likeness (QED) is 0.914. The van der Waals surface area contributed by atoms with Gasteiger partial charge in [0.1, 0.15) is 0 Å². The van der Waals surface area contributed by atoms with E-state index in [4.69, 9.17) is 0 Å². The van der Waals surface area contributed by atoms with Crippen LogP contribution in [-0.2, 0) is 4.79 Å². The number of carbonyl (C=O) groups is 1. The van der Waals surface area contributed by atoms with Crippen molar-refractivity contribution in [2.75, 3.05) is 11.9 Å². The van der Waals surface area contributed by atoms with Gasteiger partial charge in [0, 0.05) is 30.0 Å². The Hall–Kier alpha value is -1.85. The van der Waals surface area contributed by atoms with E-state index in [-0.39, 0.29) is 24.2 Å². The summed E-state index contributed by atoms with van der Waals surface area (Å²) < 4.78 is 1.79. The Balaban J connectivity index is 0.00000176. The smallest absolute Gasteiger partial charge is 0.227 e. The Morgan fingerprint density at radius 2 is 2.14 bits per heavy atom. The maximum atomic E-state index is 12.3. The minimum atomic E-state index is 0. The number of hydrogen-bond donors (Lipinski definition) is 2. The lowest BCUT2D eigenvalue weighted by Gasteiger charge is -2.27. The molecule has 0 unspecified atom stereocenters. The van der Waals surface area contributed by atoms with Crippen molar-refractivity contribution in [3.63, 3.8) is 0 Å². The van der Waals surface area contributed by atoms with Crippen LogP contribution in [0, 0.1) is 5.92 Å². The molecule has 2 N–H and O–H groups in total. The van der Waals surface area contributed by atoms with E-state index in [1.54, 1.807) is 10.9 Å². The van der Waals surface area contributed by atoms with E-state index in [0.717, 1.165) is 30.8 Å². The SMILES string of the molecule is C[C@H]1C[C@@H](C(=O)Nc2ccc(-n3cccn3)cc2)CCN1.Cl. The second-order valence-electron chi connectivity index (χ2n) is 5.56. The van der Waals surface area contributed by atoms with Gasteiger partial charge in [-0.2, -0.15) is 5.10 Å². The third kappa shape index (κ3) is 3.87. The topological polar surface area (TPSA) is 59.0 Å². The fraction of sp³-hybridized carbons (Fsp3) is 0.375. The van der Waals surface area contributed by atoms with Crippen LogP contribution in [0.15, 0.2) is 42.7 Å². The molecule has 2 heterocycles. The molecule has 1 amide bonds. The van der Waals surface area contributed by atoms with Gasteiger partial charge in [-0.05, 0) is 56.6 Å². The predicted octanol–water partition coefficient (Wildman–Crippen LogP) is 2.62. The molecule has 0 saturated carbocycles. The lowest BCUT2D eigenvalue weighted by molar-refractivity contribution is -0.120. The predicted molar refractivity (Wildman–Crippen MR) is 89.6 cm³/mol. The van der Waals surface area contributed by atoms with Crippen LogP contribution in [0.3, 0.4) is 0 Å². The van der Waals surface area contributed by atoms with Crippen LogP contribution in [-0.4, -0.2) is 28.3 Å². The van der Waals surface area contributed by atoms with E-state index < -0.39 is 0 Å². The minimum Gasteiger partial charge on any atom is -0.326 e. The third-order valence-corrected chi connectivity index (χ3v) is 3.90. The molecule has 1 fully saturated rings. The maximum absolute atomic E-state index is 12.3. The van der Waals surface area contributed by atoms with Crippen LogP contribution in [0.5, 0.6) is 0 Å². The Bertz CT molecular complexity index is 597. The van der Waals surface area contributed by atoms with Crippen LogP contribution in [0.4, 0.5) is 5.69 Å². The number of halogens is 1. The van der Waals surface area contributed by atoms with Crippen molar-refractivity contribution in [1.82, 2.24) is 15.1 Å². The summed E-state index contributed by atoms with van der Waals surface area (Å²) in [5.74, 6) is 0.224. The molecule has 2 aromatic rings. The van der Waals surface area contributed by atoms with Crippen molar-refractivity contribution in [2.45, 2.75) is 25.8 Å². The van der Waals surface area contributed by atoms with E-state index in [1.807, 2.05) is 36.5 Å². The van der Waals surface area contributed by atoms with Gasteiger partial charge >= 0.3 is 0 Å². The van der Waals surface area contributed by atoms with Crippen LogP contribution >= 0.6 is 12.4 Å². The fourth-order valence-corrected chi connectivity index (χ4v) is 2.73. The van der Waals surface area contributed by atoms with Crippen molar-refractivity contribution in [2.24, 2.45) is 5.92 Å². The molecule has 1 saturated heterocycles. The molecule has 0 spiro atoms. The van der Waals surface area contributed by atoms with Gasteiger partial charge in [-0.3, -0.25) is 4.79 Å². The first kappa shape index (κ1) is 16.5. The summed E-state index contributed by atoms with van der Waals surface area (Å²) in [7, 11) is 0. The molecule has 0 aliphatic carbocycles. The molecule has 6 heteroatoms. The van der Waals surface area contributed by atoms with Crippen LogP contribution in [0.1, 0.15) is 19.8 Å². The second-order valence-corrected chi connectivity index (χ2v) is 5.56. The standard InChI is InChI=1S/C16H20N4O.ClH/c1-12-11-13(7-9-17-12)16(21)19-14-3-5-15(6-4-14)20-10-2-8-18-20;/h2-6,8,10,12-13,17H,7,9,11H2,1H3,(H,19,21);1H/t12-,13-;/m0./s1. The number of rotatable bonds is 3. The lowest BCUT2D eigenvalue weighted by Crippen LogP contribution is -2.40. The Morgan fingerprint density at radius 3 is 2.77 bits per heavy atom. The first-order valence-corrected chi connectivity index (χ1v) is 7.37. The van der Waals surface area contributed by atoms with Crippen molar-refractivity contribution in [1.29, 1.82) is 0 Å². The molecule has 5 nitrogen and oxygen atoms in total. The first-order valence-electron chi connectivity index (χ1n) is 7.37. The zero-order valence-corrected chi connectivity index (χ0v) is 13.3. The van der Waals surface area contributed by atoms with Crippen LogP contribution in [0.25, 0.3) is 5.69 Å². The van der Waals surface area contributed by atoms with Gasteiger partial charge in [0.15, 0.2) is 0 Å². The fourth-order valence-electron chi connectivity index (χ4n) is 2.73. The Kier molecular flexibility index (Phi) is 5.57. The van der Waals surface area contributed by atoms with Gasteiger partial charge in [-0.15, -0.1) is 12.4 Å². The number of nitrogens with one attached hydrogen (secondary N) is 2. The zero-order valence-electron chi connectivity index (χ0n) is 12.5. The van der Waals surface area contributed by atoms with Crippen molar-refractivity contribution in [3.05, 3.63) is 42.7 Å². The van der Waals surface area contributed by atoms with E-state index >= 15 is 0 Å². The van der Waals surface area contributed by atoms with E-state index in [2.05, 4.69) is 22.7 Å². The Morgan fingerprint density at radius 1 is 1.36 bits per heavy atom. The number of hydrogen-bond acceptors (Lipinski definition) is 3. The summed E-state index contributed by atoms with van der Waals surface area (Å²) in [4.78, 5) is 12.3. The number of nitrogens with zero attached hydrogens (tertiary/aromatic N) is 2. The molecule has 0 bridgehead atoms. The summed E-state index contributed by atoms with van der Waals surface area (Å²) in [6, 6.07) is 10.0. The van der Waals surface area contributed by atoms with Gasteiger partial charge in [0.25, 0.3) is 0 Å². The molecular weight excluding hydrogens is 300 g/mol. The van der Waals surface area contributed by atoms with Gasteiger partial charge in [0.05, 0.1) is 5.69 Å². The molecular formula is C16H21ClN4O. The van der Waals surface area contributed by atoms with E-state index in [9.17, 15) is 4.79 Å². The number of benzene rings is 1. The van der Waals surface area contributed by atoms with Gasteiger partial charge in [-0.1, -0.05) is 0 Å². The third-order valence-electron chi connectivity index (χ3n) is 3.90. The monoisotopic (exact) mass is 320 g/mol. The van der Waals surface area contributed by atoms with Crippen molar-refractivity contribution < 1.29 is 4.79 Å². The molecule has 0 radical (unpaired) electrons. The number of piperidine rings is 1. The maximum Gasteiger partial charge on any atom is 0.227 e. The highest BCUT2D eigenvalue weighted by Crippen LogP contribution is 2.19. The number of anilines is 1. The first-order chi connectivity index (χ1) is 10.2. The van der Waals surface area contributed by atoms with Gasteiger partial charge < -0.3 is 10.6 Å². The van der Waals surface area contributed by atoms with E-state index in [0.29, 0.717) is 6.04 Å².